The summed E-state index contributed by atoms with van der Waals surface area (Å²) in [5, 5.41) is 3.55. The highest BCUT2D eigenvalue weighted by Crippen LogP contribution is 2.24. The smallest absolute Gasteiger partial charge is 0.133 e. The van der Waals surface area contributed by atoms with Gasteiger partial charge in [-0.15, -0.1) is 0 Å². The van der Waals surface area contributed by atoms with Crippen molar-refractivity contribution in [1.29, 1.82) is 0 Å². The summed E-state index contributed by atoms with van der Waals surface area (Å²) in [5.74, 6) is 1.04. The van der Waals surface area contributed by atoms with Gasteiger partial charge in [0.05, 0.1) is 0 Å². The van der Waals surface area contributed by atoms with E-state index in [1.165, 1.54) is 30.5 Å². The van der Waals surface area contributed by atoms with Crippen LogP contribution in [0.1, 0.15) is 50.3 Å². The van der Waals surface area contributed by atoms with E-state index in [0.29, 0.717) is 6.04 Å². The van der Waals surface area contributed by atoms with Crippen LogP contribution in [0.2, 0.25) is 0 Å². The molecule has 100 valence electrons. The van der Waals surface area contributed by atoms with Crippen LogP contribution in [0.4, 0.5) is 5.82 Å². The van der Waals surface area contributed by atoms with E-state index in [4.69, 9.17) is 5.73 Å². The number of hydrogen-bond donors (Lipinski definition) is 2. The van der Waals surface area contributed by atoms with Crippen molar-refractivity contribution < 1.29 is 0 Å². The monoisotopic (exact) mass is 248 g/mol. The van der Waals surface area contributed by atoms with Crippen LogP contribution in [0.15, 0.2) is 6.33 Å². The molecule has 4 heteroatoms. The topological polar surface area (TPSA) is 63.8 Å². The number of rotatable bonds is 5. The quantitative estimate of drug-likeness (QED) is 0.785. The first-order valence-electron chi connectivity index (χ1n) is 7.14. The van der Waals surface area contributed by atoms with Crippen LogP contribution in [0, 0.1) is 0 Å². The summed E-state index contributed by atoms with van der Waals surface area (Å²) < 4.78 is 0. The molecule has 0 bridgehead atoms. The molecule has 1 aromatic heterocycles. The molecule has 1 heterocycles. The van der Waals surface area contributed by atoms with Crippen molar-refractivity contribution in [2.75, 3.05) is 11.9 Å². The Kier molecular flexibility index (Phi) is 4.93. The Bertz CT molecular complexity index is 378. The van der Waals surface area contributed by atoms with Crippen molar-refractivity contribution in [1.82, 2.24) is 9.97 Å². The summed E-state index contributed by atoms with van der Waals surface area (Å²) >= 11 is 0. The summed E-state index contributed by atoms with van der Waals surface area (Å²) in [5.41, 5.74) is 8.23. The lowest BCUT2D eigenvalue weighted by atomic mass is 10.1. The van der Waals surface area contributed by atoms with Gasteiger partial charge in [0.1, 0.15) is 12.1 Å². The Balaban J connectivity index is 2.17. The summed E-state index contributed by atoms with van der Waals surface area (Å²) in [7, 11) is 0. The first-order valence-corrected chi connectivity index (χ1v) is 7.14. The van der Waals surface area contributed by atoms with Crippen LogP contribution < -0.4 is 11.1 Å². The van der Waals surface area contributed by atoms with E-state index in [0.717, 1.165) is 38.0 Å². The molecule has 18 heavy (non-hydrogen) atoms. The minimum Gasteiger partial charge on any atom is -0.367 e. The lowest BCUT2D eigenvalue weighted by molar-refractivity contribution is 0.637. The number of nitrogens with zero attached hydrogens (tertiary/aromatic N) is 2. The zero-order chi connectivity index (χ0) is 12.8. The maximum atomic E-state index is 5.65. The molecule has 3 N–H and O–H groups in total. The van der Waals surface area contributed by atoms with Gasteiger partial charge in [-0.1, -0.05) is 13.3 Å². The van der Waals surface area contributed by atoms with Gasteiger partial charge in [0.25, 0.3) is 0 Å². The van der Waals surface area contributed by atoms with E-state index < -0.39 is 0 Å². The van der Waals surface area contributed by atoms with E-state index in [1.807, 2.05) is 0 Å². The molecule has 2 rings (SSSR count). The SMILES string of the molecule is CCC(CCN)Nc1ncnc2c1CCCCC2. The van der Waals surface area contributed by atoms with Gasteiger partial charge < -0.3 is 11.1 Å². The number of fused-ring (bicyclic) bond motifs is 1. The summed E-state index contributed by atoms with van der Waals surface area (Å²) in [6.45, 7) is 2.91. The number of nitrogens with two attached hydrogens (primary N) is 1. The average Bonchev–Trinajstić information content (AvgIpc) is 2.64. The van der Waals surface area contributed by atoms with Gasteiger partial charge in [-0.25, -0.2) is 9.97 Å². The fraction of sp³-hybridized carbons (Fsp3) is 0.714. The molecule has 0 aromatic carbocycles. The molecule has 0 saturated heterocycles. The molecule has 0 aliphatic heterocycles. The first kappa shape index (κ1) is 13.3. The normalized spacial score (nSPS) is 16.8. The third-order valence-corrected chi connectivity index (χ3v) is 3.72. The standard InChI is InChI=1S/C14H24N4/c1-2-11(8-9-15)18-14-12-6-4-3-5-7-13(12)16-10-17-14/h10-11H,2-9,15H2,1H3,(H,16,17,18). The molecule has 0 amide bonds. The predicted octanol–water partition coefficient (Wildman–Crippen LogP) is 2.28. The van der Waals surface area contributed by atoms with E-state index >= 15 is 0 Å². The number of nitrogens with one attached hydrogen (secondary N) is 1. The molecule has 0 fully saturated rings. The van der Waals surface area contributed by atoms with Gasteiger partial charge in [0.2, 0.25) is 0 Å². The van der Waals surface area contributed by atoms with Gasteiger partial charge in [0.15, 0.2) is 0 Å². The van der Waals surface area contributed by atoms with Crippen LogP contribution in [0.3, 0.4) is 0 Å². The van der Waals surface area contributed by atoms with E-state index in [9.17, 15) is 0 Å². The average molecular weight is 248 g/mol. The van der Waals surface area contributed by atoms with Crippen molar-refractivity contribution in [3.8, 4) is 0 Å². The van der Waals surface area contributed by atoms with Gasteiger partial charge in [0, 0.05) is 17.3 Å². The van der Waals surface area contributed by atoms with E-state index in [1.54, 1.807) is 6.33 Å². The molecule has 0 radical (unpaired) electrons. The van der Waals surface area contributed by atoms with Gasteiger partial charge >= 0.3 is 0 Å². The summed E-state index contributed by atoms with van der Waals surface area (Å²) in [6, 6.07) is 0.428. The Morgan fingerprint density at radius 2 is 2.11 bits per heavy atom. The Morgan fingerprint density at radius 3 is 2.89 bits per heavy atom. The van der Waals surface area contributed by atoms with Crippen molar-refractivity contribution in [3.63, 3.8) is 0 Å². The predicted molar refractivity (Wildman–Crippen MR) is 74.7 cm³/mol. The third-order valence-electron chi connectivity index (χ3n) is 3.72. The lowest BCUT2D eigenvalue weighted by Gasteiger charge is -2.19. The highest BCUT2D eigenvalue weighted by atomic mass is 15.0. The Labute approximate surface area is 109 Å². The second-order valence-electron chi connectivity index (χ2n) is 5.04. The molecule has 1 aliphatic carbocycles. The minimum absolute atomic E-state index is 0.428. The molecule has 0 spiro atoms. The molecular weight excluding hydrogens is 224 g/mol. The number of hydrogen-bond acceptors (Lipinski definition) is 4. The second kappa shape index (κ2) is 6.69. The highest BCUT2D eigenvalue weighted by molar-refractivity contribution is 5.47. The molecule has 1 atom stereocenters. The molecule has 1 unspecified atom stereocenters. The van der Waals surface area contributed by atoms with E-state index in [-0.39, 0.29) is 0 Å². The number of aromatic nitrogens is 2. The Morgan fingerprint density at radius 1 is 1.28 bits per heavy atom. The zero-order valence-electron chi connectivity index (χ0n) is 11.3. The first-order chi connectivity index (χ1) is 8.85. The zero-order valence-corrected chi connectivity index (χ0v) is 11.3. The molecule has 0 saturated carbocycles. The van der Waals surface area contributed by atoms with Crippen LogP contribution in [-0.4, -0.2) is 22.6 Å². The van der Waals surface area contributed by atoms with Gasteiger partial charge in [-0.2, -0.15) is 0 Å². The molecular formula is C14H24N4. The molecule has 1 aromatic rings. The molecule has 4 nitrogen and oxygen atoms in total. The van der Waals surface area contributed by atoms with Gasteiger partial charge in [-0.05, 0) is 45.1 Å². The lowest BCUT2D eigenvalue weighted by Crippen LogP contribution is -2.24. The number of aryl methyl sites for hydroxylation is 1. The largest absolute Gasteiger partial charge is 0.367 e. The fourth-order valence-electron chi connectivity index (χ4n) is 2.60. The Hall–Kier alpha value is -1.16. The summed E-state index contributed by atoms with van der Waals surface area (Å²) in [4.78, 5) is 8.88. The van der Waals surface area contributed by atoms with Crippen LogP contribution in [0.5, 0.6) is 0 Å². The van der Waals surface area contributed by atoms with Crippen molar-refractivity contribution >= 4 is 5.82 Å². The third kappa shape index (κ3) is 3.19. The van der Waals surface area contributed by atoms with Crippen molar-refractivity contribution in [2.24, 2.45) is 5.73 Å². The maximum absolute atomic E-state index is 5.65. The van der Waals surface area contributed by atoms with Crippen LogP contribution >= 0.6 is 0 Å². The molecule has 1 aliphatic rings. The summed E-state index contributed by atoms with van der Waals surface area (Å²) in [6.07, 6.45) is 9.78. The maximum Gasteiger partial charge on any atom is 0.133 e. The van der Waals surface area contributed by atoms with Crippen molar-refractivity contribution in [3.05, 3.63) is 17.6 Å². The second-order valence-corrected chi connectivity index (χ2v) is 5.04. The highest BCUT2D eigenvalue weighted by Gasteiger charge is 2.16. The number of anilines is 1. The van der Waals surface area contributed by atoms with Gasteiger partial charge in [-0.3, -0.25) is 0 Å². The van der Waals surface area contributed by atoms with Crippen molar-refractivity contribution in [2.45, 2.75) is 57.9 Å². The van der Waals surface area contributed by atoms with Crippen LogP contribution in [0.25, 0.3) is 0 Å². The fourth-order valence-corrected chi connectivity index (χ4v) is 2.60. The van der Waals surface area contributed by atoms with E-state index in [2.05, 4.69) is 22.2 Å². The minimum atomic E-state index is 0.428. The van der Waals surface area contributed by atoms with Crippen LogP contribution in [-0.2, 0) is 12.8 Å².